The van der Waals surface area contributed by atoms with Crippen molar-refractivity contribution in [2.24, 2.45) is 0 Å². The molecule has 1 rings (SSSR count). The Bertz CT molecular complexity index is 651. The lowest BCUT2D eigenvalue weighted by molar-refractivity contribution is -0.121. The molecular formula is C14H26N6O6S. The Labute approximate surface area is 157 Å². The van der Waals surface area contributed by atoms with Crippen LogP contribution in [0.3, 0.4) is 0 Å². The third kappa shape index (κ3) is 12.0. The van der Waals surface area contributed by atoms with Crippen LogP contribution < -0.4 is 10.0 Å². The van der Waals surface area contributed by atoms with Gasteiger partial charge in [-0.05, 0) is 23.3 Å². The molecule has 0 atom stereocenters. The second kappa shape index (κ2) is 13.1. The number of carbonyl (C=O) groups excluding carboxylic acids is 2. The van der Waals surface area contributed by atoms with Crippen LogP contribution in [0.25, 0.3) is 0 Å². The Balaban J connectivity index is 2.09. The number of ether oxygens (including phenoxy) is 2. The van der Waals surface area contributed by atoms with Crippen LogP contribution in [-0.4, -0.2) is 80.1 Å². The van der Waals surface area contributed by atoms with Gasteiger partial charge >= 0.3 is 0 Å². The first-order chi connectivity index (χ1) is 12.9. The van der Waals surface area contributed by atoms with Crippen molar-refractivity contribution in [2.45, 2.75) is 32.1 Å². The van der Waals surface area contributed by atoms with Crippen molar-refractivity contribution < 1.29 is 27.5 Å². The normalized spacial score (nSPS) is 11.3. The second-order valence-corrected chi connectivity index (χ2v) is 7.45. The molecule has 0 saturated heterocycles. The average molecular weight is 406 g/mol. The quantitative estimate of drug-likeness (QED) is 0.295. The van der Waals surface area contributed by atoms with Gasteiger partial charge in [0.25, 0.3) is 0 Å². The van der Waals surface area contributed by atoms with Gasteiger partial charge in [0.1, 0.15) is 5.82 Å². The zero-order valence-electron chi connectivity index (χ0n) is 15.3. The number of aromatic amines is 1. The molecule has 0 aliphatic rings. The van der Waals surface area contributed by atoms with Gasteiger partial charge in [-0.25, -0.2) is 13.5 Å². The van der Waals surface area contributed by atoms with Crippen LogP contribution in [0, 0.1) is 0 Å². The summed E-state index contributed by atoms with van der Waals surface area (Å²) in [5, 5.41) is 15.6. The highest BCUT2D eigenvalue weighted by Gasteiger charge is 2.15. The number of sulfonamides is 1. The molecule has 12 nitrogen and oxygen atoms in total. The summed E-state index contributed by atoms with van der Waals surface area (Å²) in [7, 11) is -2.19. The van der Waals surface area contributed by atoms with Crippen molar-refractivity contribution in [3.63, 3.8) is 0 Å². The molecule has 3 N–H and O–H groups in total. The monoisotopic (exact) mass is 406 g/mol. The largest absolute Gasteiger partial charge is 0.382 e. The number of rotatable bonds is 15. The molecule has 2 amide bonds. The van der Waals surface area contributed by atoms with Crippen molar-refractivity contribution in [1.82, 2.24) is 30.7 Å². The van der Waals surface area contributed by atoms with Crippen LogP contribution in [0.5, 0.6) is 0 Å². The lowest BCUT2D eigenvalue weighted by Crippen LogP contribution is -2.33. The summed E-state index contributed by atoms with van der Waals surface area (Å²) in [6.45, 7) is 1.62. The highest BCUT2D eigenvalue weighted by molar-refractivity contribution is 7.90. The van der Waals surface area contributed by atoms with Crippen molar-refractivity contribution in [3.05, 3.63) is 5.82 Å². The van der Waals surface area contributed by atoms with Gasteiger partial charge in [0.2, 0.25) is 21.8 Å². The molecule has 1 aromatic heterocycles. The Morgan fingerprint density at radius 1 is 1.11 bits per heavy atom. The molecule has 27 heavy (non-hydrogen) atoms. The molecule has 0 radical (unpaired) electrons. The SMILES string of the molecule is COCCOCCNC(=O)CCCS(=O)(=O)NC(=O)CCCc1nnn[nH]1. The minimum atomic E-state index is -3.76. The summed E-state index contributed by atoms with van der Waals surface area (Å²) in [5.74, 6) is -0.642. The van der Waals surface area contributed by atoms with Gasteiger partial charge in [0.05, 0.1) is 25.6 Å². The number of methoxy groups -OCH3 is 1. The molecule has 0 bridgehead atoms. The van der Waals surface area contributed by atoms with E-state index in [0.29, 0.717) is 45.0 Å². The predicted molar refractivity (Wildman–Crippen MR) is 94.0 cm³/mol. The first-order valence-electron chi connectivity index (χ1n) is 8.52. The van der Waals surface area contributed by atoms with E-state index in [4.69, 9.17) is 9.47 Å². The van der Waals surface area contributed by atoms with E-state index in [9.17, 15) is 18.0 Å². The van der Waals surface area contributed by atoms with Crippen molar-refractivity contribution >= 4 is 21.8 Å². The Morgan fingerprint density at radius 3 is 2.59 bits per heavy atom. The van der Waals surface area contributed by atoms with Crippen molar-refractivity contribution in [2.75, 3.05) is 39.2 Å². The zero-order valence-corrected chi connectivity index (χ0v) is 16.1. The number of tetrazole rings is 1. The number of aromatic nitrogens is 4. The lowest BCUT2D eigenvalue weighted by atomic mass is 10.2. The van der Waals surface area contributed by atoms with Crippen LogP contribution in [-0.2, 0) is 35.5 Å². The first-order valence-corrected chi connectivity index (χ1v) is 10.2. The smallest absolute Gasteiger partial charge is 0.234 e. The second-order valence-electron chi connectivity index (χ2n) is 5.60. The number of amides is 2. The predicted octanol–water partition coefficient (Wildman–Crippen LogP) is -1.47. The van der Waals surface area contributed by atoms with E-state index in [1.54, 1.807) is 7.11 Å². The number of nitrogens with zero attached hydrogens (tertiary/aromatic N) is 3. The van der Waals surface area contributed by atoms with E-state index in [0.717, 1.165) is 0 Å². The molecule has 0 fully saturated rings. The molecule has 0 aliphatic heterocycles. The summed E-state index contributed by atoms with van der Waals surface area (Å²) < 4.78 is 35.7. The topological polar surface area (TPSA) is 165 Å². The maximum absolute atomic E-state index is 11.8. The van der Waals surface area contributed by atoms with Gasteiger partial charge in [0.15, 0.2) is 0 Å². The van der Waals surface area contributed by atoms with Crippen molar-refractivity contribution in [3.8, 4) is 0 Å². The first kappa shape index (κ1) is 22.9. The molecule has 0 unspecified atom stereocenters. The highest BCUT2D eigenvalue weighted by Crippen LogP contribution is 2.00. The standard InChI is InChI=1S/C14H26N6O6S/c1-25-9-10-26-8-7-15-13(21)6-3-11-27(23,24)18-14(22)5-2-4-12-16-19-20-17-12/h2-11H2,1H3,(H,15,21)(H,18,22)(H,16,17,19,20). The summed E-state index contributed by atoms with van der Waals surface area (Å²) in [5.41, 5.74) is 0. The van der Waals surface area contributed by atoms with Crippen LogP contribution in [0.15, 0.2) is 0 Å². The Hall–Kier alpha value is -2.12. The molecule has 0 aliphatic carbocycles. The fourth-order valence-electron chi connectivity index (χ4n) is 1.99. The molecule has 0 saturated carbocycles. The van der Waals surface area contributed by atoms with Crippen molar-refractivity contribution in [1.29, 1.82) is 0 Å². The van der Waals surface area contributed by atoms with E-state index < -0.39 is 15.9 Å². The Morgan fingerprint density at radius 2 is 1.89 bits per heavy atom. The molecule has 0 spiro atoms. The number of hydrogen-bond acceptors (Lipinski definition) is 9. The van der Waals surface area contributed by atoms with Crippen LogP contribution >= 0.6 is 0 Å². The molecule has 1 aromatic rings. The highest BCUT2D eigenvalue weighted by atomic mass is 32.2. The number of nitrogens with one attached hydrogen (secondary N) is 3. The molecular weight excluding hydrogens is 380 g/mol. The fourth-order valence-corrected chi connectivity index (χ4v) is 3.07. The van der Waals surface area contributed by atoms with E-state index in [1.807, 2.05) is 4.72 Å². The molecule has 13 heteroatoms. The molecule has 154 valence electrons. The number of carbonyl (C=O) groups is 2. The van der Waals surface area contributed by atoms with Crippen LogP contribution in [0.2, 0.25) is 0 Å². The number of hydrogen-bond donors (Lipinski definition) is 3. The lowest BCUT2D eigenvalue weighted by Gasteiger charge is -2.08. The van der Waals surface area contributed by atoms with Crippen LogP contribution in [0.1, 0.15) is 31.5 Å². The maximum Gasteiger partial charge on any atom is 0.234 e. The van der Waals surface area contributed by atoms with E-state index in [2.05, 4.69) is 25.9 Å². The van der Waals surface area contributed by atoms with Gasteiger partial charge in [-0.2, -0.15) is 0 Å². The van der Waals surface area contributed by atoms with Gasteiger partial charge < -0.3 is 14.8 Å². The van der Waals surface area contributed by atoms with E-state index in [1.165, 1.54) is 0 Å². The van der Waals surface area contributed by atoms with Gasteiger partial charge in [-0.3, -0.25) is 14.3 Å². The third-order valence-electron chi connectivity index (χ3n) is 3.29. The Kier molecular flexibility index (Phi) is 11.1. The zero-order chi connectivity index (χ0) is 20.0. The van der Waals surface area contributed by atoms with E-state index >= 15 is 0 Å². The van der Waals surface area contributed by atoms with Gasteiger partial charge in [-0.1, -0.05) is 0 Å². The van der Waals surface area contributed by atoms with Gasteiger partial charge in [0, 0.05) is 32.9 Å². The fraction of sp³-hybridized carbons (Fsp3) is 0.786. The average Bonchev–Trinajstić information content (AvgIpc) is 3.10. The number of H-pyrrole nitrogens is 1. The summed E-state index contributed by atoms with van der Waals surface area (Å²) in [4.78, 5) is 23.3. The van der Waals surface area contributed by atoms with Gasteiger partial charge in [-0.15, -0.1) is 5.10 Å². The number of aryl methyl sites for hydroxylation is 1. The molecule has 0 aromatic carbocycles. The summed E-state index contributed by atoms with van der Waals surface area (Å²) in [6.07, 6.45) is 1.04. The minimum absolute atomic E-state index is 0.0312. The molecule has 1 heterocycles. The third-order valence-corrected chi connectivity index (χ3v) is 4.66. The summed E-state index contributed by atoms with van der Waals surface area (Å²) in [6, 6.07) is 0. The summed E-state index contributed by atoms with van der Waals surface area (Å²) >= 11 is 0. The maximum atomic E-state index is 11.8. The van der Waals surface area contributed by atoms with E-state index in [-0.39, 0.29) is 30.9 Å². The van der Waals surface area contributed by atoms with Crippen LogP contribution in [0.4, 0.5) is 0 Å². The minimum Gasteiger partial charge on any atom is -0.382 e.